The van der Waals surface area contributed by atoms with Crippen molar-refractivity contribution in [1.29, 1.82) is 0 Å². The van der Waals surface area contributed by atoms with Gasteiger partial charge in [-0.1, -0.05) is 54.1 Å². The number of aryl methyl sites for hydroxylation is 1. The van der Waals surface area contributed by atoms with Gasteiger partial charge in [-0.25, -0.2) is 4.68 Å². The van der Waals surface area contributed by atoms with Crippen LogP contribution in [0, 0.1) is 6.92 Å². The highest BCUT2D eigenvalue weighted by molar-refractivity contribution is 6.03. The maximum atomic E-state index is 12.7. The van der Waals surface area contributed by atoms with Gasteiger partial charge in [0.2, 0.25) is 11.8 Å². The Morgan fingerprint density at radius 3 is 2.44 bits per heavy atom. The molecule has 1 heterocycles. The summed E-state index contributed by atoms with van der Waals surface area (Å²) in [6.07, 6.45) is 5.00. The molecule has 4 aromatic rings. The average Bonchev–Trinajstić information content (AvgIpc) is 3.31. The van der Waals surface area contributed by atoms with Crippen LogP contribution in [0.3, 0.4) is 0 Å². The minimum Gasteiger partial charge on any atom is -0.368 e. The van der Waals surface area contributed by atoms with Crippen molar-refractivity contribution in [2.75, 3.05) is 11.9 Å². The molecule has 0 bridgehead atoms. The Balaban J connectivity index is 1.55. The van der Waals surface area contributed by atoms with Crippen LogP contribution in [-0.4, -0.2) is 34.0 Å². The smallest absolute Gasteiger partial charge is 0.251 e. The molecule has 8 heteroatoms. The number of nitrogens with one attached hydrogen (secondary N) is 2. The standard InChI is InChI=1S/C28H25N5O3/c1-19-10-12-20(13-11-19)27-22(18-33(32-27)24-8-3-2-4-9-24)14-15-26(35)31-23-7-5-6-21(16-23)28(36)30-17-25(29)34/h2-16,18H,17H2,1H3,(H2,29,34)(H,30,36)(H,31,35). The lowest BCUT2D eigenvalue weighted by molar-refractivity contribution is -0.117. The lowest BCUT2D eigenvalue weighted by Crippen LogP contribution is -2.33. The Morgan fingerprint density at radius 2 is 1.72 bits per heavy atom. The van der Waals surface area contributed by atoms with Gasteiger partial charge in [0.25, 0.3) is 5.91 Å². The maximum absolute atomic E-state index is 12.7. The molecule has 3 aromatic carbocycles. The summed E-state index contributed by atoms with van der Waals surface area (Å²) in [7, 11) is 0. The highest BCUT2D eigenvalue weighted by Gasteiger charge is 2.12. The zero-order valence-corrected chi connectivity index (χ0v) is 19.6. The van der Waals surface area contributed by atoms with Crippen LogP contribution in [0.5, 0.6) is 0 Å². The third-order valence-electron chi connectivity index (χ3n) is 5.32. The van der Waals surface area contributed by atoms with Gasteiger partial charge in [0, 0.05) is 34.7 Å². The summed E-state index contributed by atoms with van der Waals surface area (Å²) in [5, 5.41) is 9.93. The molecule has 180 valence electrons. The monoisotopic (exact) mass is 479 g/mol. The summed E-state index contributed by atoms with van der Waals surface area (Å²) in [6, 6.07) is 24.2. The van der Waals surface area contributed by atoms with E-state index in [1.807, 2.05) is 67.7 Å². The molecule has 36 heavy (non-hydrogen) atoms. The van der Waals surface area contributed by atoms with E-state index in [1.54, 1.807) is 29.0 Å². The molecule has 8 nitrogen and oxygen atoms in total. The number of nitrogens with zero attached hydrogens (tertiary/aromatic N) is 2. The Bertz CT molecular complexity index is 1420. The van der Waals surface area contributed by atoms with Crippen LogP contribution in [0.1, 0.15) is 21.5 Å². The second kappa shape index (κ2) is 11.0. The van der Waals surface area contributed by atoms with Gasteiger partial charge < -0.3 is 16.4 Å². The lowest BCUT2D eigenvalue weighted by atomic mass is 10.1. The Hall–Kier alpha value is -4.98. The van der Waals surface area contributed by atoms with Crippen LogP contribution in [0.25, 0.3) is 23.0 Å². The van der Waals surface area contributed by atoms with Crippen LogP contribution in [0.15, 0.2) is 91.1 Å². The Kier molecular flexibility index (Phi) is 7.36. The van der Waals surface area contributed by atoms with E-state index in [1.165, 1.54) is 12.1 Å². The fourth-order valence-corrected chi connectivity index (χ4v) is 3.52. The van der Waals surface area contributed by atoms with Crippen molar-refractivity contribution in [3.05, 3.63) is 108 Å². The van der Waals surface area contributed by atoms with E-state index >= 15 is 0 Å². The number of benzene rings is 3. The van der Waals surface area contributed by atoms with Crippen LogP contribution in [0.4, 0.5) is 5.69 Å². The van der Waals surface area contributed by atoms with E-state index in [9.17, 15) is 14.4 Å². The number of amides is 3. The van der Waals surface area contributed by atoms with Gasteiger partial charge in [-0.2, -0.15) is 5.10 Å². The summed E-state index contributed by atoms with van der Waals surface area (Å²) in [5.41, 5.74) is 10.3. The fourth-order valence-electron chi connectivity index (χ4n) is 3.52. The Labute approximate surface area is 208 Å². The van der Waals surface area contributed by atoms with Gasteiger partial charge in [0.1, 0.15) is 0 Å². The normalized spacial score (nSPS) is 10.8. The topological polar surface area (TPSA) is 119 Å². The first-order valence-corrected chi connectivity index (χ1v) is 11.3. The summed E-state index contributed by atoms with van der Waals surface area (Å²) in [4.78, 5) is 35.7. The van der Waals surface area contributed by atoms with Gasteiger partial charge in [0.05, 0.1) is 17.9 Å². The number of nitrogens with two attached hydrogens (primary N) is 1. The molecular formula is C28H25N5O3. The van der Waals surface area contributed by atoms with Gasteiger partial charge in [-0.15, -0.1) is 0 Å². The molecule has 4 rings (SSSR count). The molecular weight excluding hydrogens is 454 g/mol. The number of anilines is 1. The van der Waals surface area contributed by atoms with Crippen molar-refractivity contribution in [2.45, 2.75) is 6.92 Å². The summed E-state index contributed by atoms with van der Waals surface area (Å²) in [6.45, 7) is 1.76. The predicted octanol–water partition coefficient (Wildman–Crippen LogP) is 3.71. The third kappa shape index (κ3) is 6.12. The minimum atomic E-state index is -0.640. The molecule has 0 spiro atoms. The van der Waals surface area contributed by atoms with E-state index in [2.05, 4.69) is 10.6 Å². The number of para-hydroxylation sites is 1. The van der Waals surface area contributed by atoms with Crippen molar-refractivity contribution in [3.63, 3.8) is 0 Å². The number of aromatic nitrogens is 2. The number of hydrogen-bond acceptors (Lipinski definition) is 4. The van der Waals surface area contributed by atoms with E-state index in [-0.39, 0.29) is 12.5 Å². The van der Waals surface area contributed by atoms with E-state index in [0.29, 0.717) is 11.3 Å². The quantitative estimate of drug-likeness (QED) is 0.334. The Morgan fingerprint density at radius 1 is 0.972 bits per heavy atom. The van der Waals surface area contributed by atoms with E-state index in [0.717, 1.165) is 28.1 Å². The van der Waals surface area contributed by atoms with E-state index in [4.69, 9.17) is 10.8 Å². The molecule has 0 fully saturated rings. The third-order valence-corrected chi connectivity index (χ3v) is 5.32. The van der Waals surface area contributed by atoms with Crippen LogP contribution >= 0.6 is 0 Å². The second-order valence-corrected chi connectivity index (χ2v) is 8.13. The number of primary amides is 1. The fraction of sp³-hybridized carbons (Fsp3) is 0.0714. The number of carbonyl (C=O) groups is 3. The number of hydrogen-bond donors (Lipinski definition) is 3. The van der Waals surface area contributed by atoms with Gasteiger partial charge in [-0.3, -0.25) is 14.4 Å². The number of carbonyl (C=O) groups excluding carboxylic acids is 3. The average molecular weight is 480 g/mol. The zero-order valence-electron chi connectivity index (χ0n) is 19.6. The maximum Gasteiger partial charge on any atom is 0.251 e. The molecule has 1 aromatic heterocycles. The second-order valence-electron chi connectivity index (χ2n) is 8.13. The highest BCUT2D eigenvalue weighted by atomic mass is 16.2. The molecule has 0 aliphatic heterocycles. The molecule has 3 amide bonds. The van der Waals surface area contributed by atoms with Crippen molar-refractivity contribution in [2.24, 2.45) is 5.73 Å². The molecule has 0 aliphatic rings. The SMILES string of the molecule is Cc1ccc(-c2nn(-c3ccccc3)cc2C=CC(=O)Nc2cccc(C(=O)NCC(N)=O)c2)cc1. The van der Waals surface area contributed by atoms with E-state index < -0.39 is 11.8 Å². The zero-order chi connectivity index (χ0) is 25.5. The summed E-state index contributed by atoms with van der Waals surface area (Å²) < 4.78 is 1.78. The van der Waals surface area contributed by atoms with Gasteiger partial charge >= 0.3 is 0 Å². The molecule has 0 atom stereocenters. The van der Waals surface area contributed by atoms with Gasteiger partial charge in [0.15, 0.2) is 0 Å². The summed E-state index contributed by atoms with van der Waals surface area (Å²) in [5.74, 6) is -1.47. The first-order chi connectivity index (χ1) is 17.4. The first-order valence-electron chi connectivity index (χ1n) is 11.3. The largest absolute Gasteiger partial charge is 0.368 e. The molecule has 0 aliphatic carbocycles. The first kappa shape index (κ1) is 24.2. The van der Waals surface area contributed by atoms with Crippen molar-refractivity contribution in [3.8, 4) is 16.9 Å². The minimum absolute atomic E-state index is 0.266. The van der Waals surface area contributed by atoms with Crippen LogP contribution < -0.4 is 16.4 Å². The summed E-state index contributed by atoms with van der Waals surface area (Å²) >= 11 is 0. The van der Waals surface area contributed by atoms with Crippen molar-refractivity contribution < 1.29 is 14.4 Å². The molecule has 0 unspecified atom stereocenters. The van der Waals surface area contributed by atoms with Crippen LogP contribution in [0.2, 0.25) is 0 Å². The molecule has 4 N–H and O–H groups in total. The molecule has 0 radical (unpaired) electrons. The predicted molar refractivity (Wildman–Crippen MR) is 139 cm³/mol. The van der Waals surface area contributed by atoms with Gasteiger partial charge in [-0.05, 0) is 43.3 Å². The van der Waals surface area contributed by atoms with Crippen LogP contribution in [-0.2, 0) is 9.59 Å². The van der Waals surface area contributed by atoms with Crippen molar-refractivity contribution in [1.82, 2.24) is 15.1 Å². The van der Waals surface area contributed by atoms with Crippen molar-refractivity contribution >= 4 is 29.5 Å². The highest BCUT2D eigenvalue weighted by Crippen LogP contribution is 2.25. The number of rotatable bonds is 8. The molecule has 0 saturated heterocycles. The molecule has 0 saturated carbocycles. The lowest BCUT2D eigenvalue weighted by Gasteiger charge is -2.06.